The zero-order chi connectivity index (χ0) is 26.0. The van der Waals surface area contributed by atoms with Crippen LogP contribution in [-0.2, 0) is 28.4 Å². The molecule has 14 nitrogen and oxygen atoms in total. The molecule has 3 aliphatic heterocycles. The summed E-state index contributed by atoms with van der Waals surface area (Å²) in [5.41, 5.74) is 0. The van der Waals surface area contributed by atoms with E-state index >= 15 is 0 Å². The van der Waals surface area contributed by atoms with Crippen molar-refractivity contribution in [3.8, 4) is 0 Å². The van der Waals surface area contributed by atoms with Gasteiger partial charge in [0.1, 0.15) is 67.1 Å². The van der Waals surface area contributed by atoms with E-state index in [4.69, 9.17) is 28.4 Å². The quantitative estimate of drug-likeness (QED) is 0.153. The smallest absolute Gasteiger partial charge is 0.187 e. The lowest BCUT2D eigenvalue weighted by Crippen LogP contribution is -2.64. The predicted molar refractivity (Wildman–Crippen MR) is 113 cm³/mol. The fraction of sp³-hybridized carbons (Fsp3) is 1.00. The minimum absolute atomic E-state index is 0.487. The van der Waals surface area contributed by atoms with Crippen molar-refractivity contribution < 1.29 is 69.3 Å². The van der Waals surface area contributed by atoms with Crippen LogP contribution < -0.4 is 0 Å². The molecule has 14 heteroatoms. The van der Waals surface area contributed by atoms with Gasteiger partial charge in [-0.2, -0.15) is 0 Å². The van der Waals surface area contributed by atoms with Gasteiger partial charge in [0.05, 0.1) is 25.4 Å². The molecule has 0 aliphatic carbocycles. The molecule has 0 spiro atoms. The fourth-order valence-corrected chi connectivity index (χ4v) is 4.62. The molecule has 8 N–H and O–H groups in total. The van der Waals surface area contributed by atoms with E-state index in [1.165, 1.54) is 7.11 Å². The monoisotopic (exact) mass is 514 g/mol. The first-order chi connectivity index (χ1) is 16.5. The number of aliphatic hydroxyl groups is 8. The maximum Gasteiger partial charge on any atom is 0.187 e. The van der Waals surface area contributed by atoms with Gasteiger partial charge in [-0.05, 0) is 13.3 Å². The van der Waals surface area contributed by atoms with E-state index < -0.39 is 105 Å². The Labute approximate surface area is 202 Å². The van der Waals surface area contributed by atoms with Crippen molar-refractivity contribution >= 4 is 0 Å². The van der Waals surface area contributed by atoms with Gasteiger partial charge in [-0.1, -0.05) is 6.92 Å². The number of hydrogen-bond acceptors (Lipinski definition) is 14. The van der Waals surface area contributed by atoms with Crippen LogP contribution in [-0.4, -0.2) is 153 Å². The van der Waals surface area contributed by atoms with E-state index in [-0.39, 0.29) is 0 Å². The highest BCUT2D eigenvalue weighted by atomic mass is 16.7. The predicted octanol–water partition coefficient (Wildman–Crippen LogP) is -4.43. The van der Waals surface area contributed by atoms with Crippen molar-refractivity contribution in [1.29, 1.82) is 0 Å². The van der Waals surface area contributed by atoms with Crippen molar-refractivity contribution in [3.63, 3.8) is 0 Å². The topological polar surface area (TPSA) is 217 Å². The molecule has 15 atom stereocenters. The fourth-order valence-electron chi connectivity index (χ4n) is 4.62. The maximum atomic E-state index is 10.6. The zero-order valence-electron chi connectivity index (χ0n) is 19.8. The molecule has 35 heavy (non-hydrogen) atoms. The molecule has 0 aromatic rings. The first kappa shape index (κ1) is 29.0. The summed E-state index contributed by atoms with van der Waals surface area (Å²) in [6.45, 7) is 2.41. The first-order valence-corrected chi connectivity index (χ1v) is 11.7. The molecule has 0 aromatic carbocycles. The number of methoxy groups -OCH3 is 1. The Morgan fingerprint density at radius 3 is 1.80 bits per heavy atom. The van der Waals surface area contributed by atoms with Crippen LogP contribution in [0.2, 0.25) is 0 Å². The molecule has 206 valence electrons. The third-order valence-corrected chi connectivity index (χ3v) is 6.80. The molecule has 0 bridgehead atoms. The summed E-state index contributed by atoms with van der Waals surface area (Å²) < 4.78 is 33.4. The van der Waals surface area contributed by atoms with E-state index in [1.807, 2.05) is 6.92 Å². The van der Waals surface area contributed by atoms with Crippen LogP contribution >= 0.6 is 0 Å². The van der Waals surface area contributed by atoms with Gasteiger partial charge >= 0.3 is 0 Å². The second kappa shape index (κ2) is 12.3. The lowest BCUT2D eigenvalue weighted by molar-refractivity contribution is -0.352. The van der Waals surface area contributed by atoms with E-state index in [2.05, 4.69) is 0 Å². The van der Waals surface area contributed by atoms with Gasteiger partial charge < -0.3 is 69.3 Å². The molecular weight excluding hydrogens is 476 g/mol. The summed E-state index contributed by atoms with van der Waals surface area (Å²) in [7, 11) is 1.39. The highest BCUT2D eigenvalue weighted by Gasteiger charge is 2.51. The average Bonchev–Trinajstić information content (AvgIpc) is 2.85. The van der Waals surface area contributed by atoms with Crippen LogP contribution in [0.4, 0.5) is 0 Å². The Bertz CT molecular complexity index is 654. The van der Waals surface area contributed by atoms with E-state index in [0.717, 1.165) is 0 Å². The second-order valence-electron chi connectivity index (χ2n) is 9.12. The highest BCUT2D eigenvalue weighted by molar-refractivity contribution is 4.95. The molecule has 0 saturated carbocycles. The van der Waals surface area contributed by atoms with Crippen molar-refractivity contribution in [2.24, 2.45) is 0 Å². The minimum Gasteiger partial charge on any atom is -0.394 e. The molecule has 2 unspecified atom stereocenters. The van der Waals surface area contributed by atoms with Gasteiger partial charge in [0.25, 0.3) is 0 Å². The lowest BCUT2D eigenvalue weighted by Gasteiger charge is -2.47. The Morgan fingerprint density at radius 1 is 0.657 bits per heavy atom. The van der Waals surface area contributed by atoms with Crippen LogP contribution in [0.3, 0.4) is 0 Å². The van der Waals surface area contributed by atoms with Crippen LogP contribution in [0.5, 0.6) is 0 Å². The van der Waals surface area contributed by atoms with Gasteiger partial charge in [-0.3, -0.25) is 0 Å². The van der Waals surface area contributed by atoms with Gasteiger partial charge in [0.2, 0.25) is 0 Å². The largest absolute Gasteiger partial charge is 0.394 e. The number of hydrogen-bond donors (Lipinski definition) is 8. The van der Waals surface area contributed by atoms with Crippen molar-refractivity contribution in [2.45, 2.75) is 112 Å². The third-order valence-electron chi connectivity index (χ3n) is 6.80. The Morgan fingerprint density at radius 2 is 1.23 bits per heavy atom. The second-order valence-corrected chi connectivity index (χ2v) is 9.12. The molecule has 3 heterocycles. The van der Waals surface area contributed by atoms with Gasteiger partial charge in [-0.15, -0.1) is 0 Å². The average molecular weight is 515 g/mol. The van der Waals surface area contributed by atoms with Gasteiger partial charge in [-0.25, -0.2) is 0 Å². The highest BCUT2D eigenvalue weighted by Crippen LogP contribution is 2.31. The normalized spacial score (nSPS) is 51.3. The standard InChI is InChI=1S/C21H38O14/c1-4-8-13(25)19(30-3)18(7(2)32-8)35-21-17(29)15(27)12(24)10(34-21)6-31-20-16(28)14(26)11(23)9(5-22)33-20/h7-29H,4-6H2,1-3H3/t7-,8+,9+,10+,11+,12+,13-,14-,15-,16+,17+,18+,19+,20?,21?/m0/s1. The van der Waals surface area contributed by atoms with Crippen LogP contribution in [0.25, 0.3) is 0 Å². The summed E-state index contributed by atoms with van der Waals surface area (Å²) in [5, 5.41) is 81.0. The summed E-state index contributed by atoms with van der Waals surface area (Å²) in [6.07, 6.45) is -18.6. The van der Waals surface area contributed by atoms with Crippen molar-refractivity contribution in [1.82, 2.24) is 0 Å². The first-order valence-electron chi connectivity index (χ1n) is 11.7. The van der Waals surface area contributed by atoms with Crippen LogP contribution in [0.1, 0.15) is 20.3 Å². The zero-order valence-corrected chi connectivity index (χ0v) is 19.8. The van der Waals surface area contributed by atoms with Crippen LogP contribution in [0.15, 0.2) is 0 Å². The molecule has 3 aliphatic rings. The lowest BCUT2D eigenvalue weighted by atomic mass is 9.93. The number of rotatable bonds is 8. The van der Waals surface area contributed by atoms with Crippen molar-refractivity contribution in [3.05, 3.63) is 0 Å². The Kier molecular flexibility index (Phi) is 10.2. The minimum atomic E-state index is -1.70. The third kappa shape index (κ3) is 5.97. The van der Waals surface area contributed by atoms with E-state index in [9.17, 15) is 40.9 Å². The summed E-state index contributed by atoms with van der Waals surface area (Å²) in [5.74, 6) is 0. The molecule has 0 aromatic heterocycles. The summed E-state index contributed by atoms with van der Waals surface area (Å²) in [4.78, 5) is 0. The molecule has 3 fully saturated rings. The van der Waals surface area contributed by atoms with E-state index in [0.29, 0.717) is 6.42 Å². The summed E-state index contributed by atoms with van der Waals surface area (Å²) in [6, 6.07) is 0. The Balaban J connectivity index is 1.67. The van der Waals surface area contributed by atoms with Crippen molar-refractivity contribution in [2.75, 3.05) is 20.3 Å². The summed E-state index contributed by atoms with van der Waals surface area (Å²) >= 11 is 0. The maximum absolute atomic E-state index is 10.6. The molecule has 3 saturated heterocycles. The molecular formula is C21H38O14. The number of aliphatic hydroxyl groups excluding tert-OH is 8. The Hall–Kier alpha value is -0.560. The molecule has 0 amide bonds. The van der Waals surface area contributed by atoms with E-state index in [1.54, 1.807) is 6.92 Å². The van der Waals surface area contributed by atoms with Gasteiger partial charge in [0.15, 0.2) is 12.6 Å². The molecule has 0 radical (unpaired) electrons. The SMILES string of the molecule is CC[C@H]1O[C@@H](C)[C@@H](OC2O[C@H](COC3O[C@H](CO)[C@@H](O)[C@H](O)[C@H]3O)[C@@H](O)[C@H](O)[C@H]2O)[C@H](OC)[C@H]1O. The molecule has 3 rings (SSSR count). The van der Waals surface area contributed by atoms with Crippen LogP contribution in [0, 0.1) is 0 Å². The van der Waals surface area contributed by atoms with Gasteiger partial charge in [0, 0.05) is 7.11 Å². The number of ether oxygens (including phenoxy) is 6.